The average molecular weight is 1080 g/mol. The Kier molecular flexibility index (Phi) is 13.3. The van der Waals surface area contributed by atoms with E-state index in [1.54, 1.807) is 12.1 Å². The van der Waals surface area contributed by atoms with Gasteiger partial charge in [0.05, 0.1) is 16.8 Å². The zero-order valence-corrected chi connectivity index (χ0v) is 47.0. The van der Waals surface area contributed by atoms with Crippen LogP contribution in [0, 0.1) is 0 Å². The highest BCUT2D eigenvalue weighted by Crippen LogP contribution is 2.55. The molecule has 0 aliphatic carbocycles. The van der Waals surface area contributed by atoms with Crippen molar-refractivity contribution in [3.63, 3.8) is 0 Å². The number of hydrogen-bond acceptors (Lipinski definition) is 8. The van der Waals surface area contributed by atoms with Gasteiger partial charge in [0.1, 0.15) is 39.6 Å². The van der Waals surface area contributed by atoms with Crippen molar-refractivity contribution in [2.24, 2.45) is 0 Å². The summed E-state index contributed by atoms with van der Waals surface area (Å²) in [5.74, 6) is -0.253. The number of nitrogens with zero attached hydrogens (tertiary/aromatic N) is 1. The third-order valence-electron chi connectivity index (χ3n) is 16.4. The Balaban J connectivity index is 0.00000665. The van der Waals surface area contributed by atoms with E-state index in [-0.39, 0.29) is 63.9 Å². The van der Waals surface area contributed by atoms with Crippen LogP contribution in [0.25, 0.3) is 87.3 Å². The number of hydrogen-bond donors (Lipinski definition) is 2. The molecule has 408 valence electrons. The van der Waals surface area contributed by atoms with Crippen LogP contribution in [0.5, 0.6) is 17.2 Å². The van der Waals surface area contributed by atoms with Crippen molar-refractivity contribution >= 4 is 106 Å². The van der Waals surface area contributed by atoms with Crippen molar-refractivity contribution in [2.45, 2.75) is 85.6 Å². The molecule has 1 aliphatic heterocycles. The number of aromatic hydroxyl groups is 1. The van der Waals surface area contributed by atoms with Gasteiger partial charge in [0.15, 0.2) is 6.29 Å². The summed E-state index contributed by atoms with van der Waals surface area (Å²) in [6, 6.07) is 52.5. The van der Waals surface area contributed by atoms with Crippen LogP contribution >= 0.6 is 0 Å². The van der Waals surface area contributed by atoms with Crippen molar-refractivity contribution in [3.8, 4) is 28.4 Å². The van der Waals surface area contributed by atoms with Crippen LogP contribution < -0.4 is 15.0 Å². The third-order valence-corrected chi connectivity index (χ3v) is 16.4. The van der Waals surface area contributed by atoms with E-state index in [2.05, 4.69) is 78.9 Å². The fourth-order valence-corrected chi connectivity index (χ4v) is 12.7. The first-order chi connectivity index (χ1) is 39.2. The molecule has 0 radical (unpaired) electrons. The summed E-state index contributed by atoms with van der Waals surface area (Å²) in [7, 11) is 0. The van der Waals surface area contributed by atoms with Crippen molar-refractivity contribution < 1.29 is 38.5 Å². The van der Waals surface area contributed by atoms with E-state index < -0.39 is 11.8 Å². The van der Waals surface area contributed by atoms with Gasteiger partial charge in [-0.05, 0) is 105 Å². The summed E-state index contributed by atoms with van der Waals surface area (Å²) in [6.45, 7) is 17.2. The van der Waals surface area contributed by atoms with Crippen molar-refractivity contribution in [3.05, 3.63) is 208 Å². The highest BCUT2D eigenvalue weighted by atomic mass is 16.5. The predicted molar refractivity (Wildman–Crippen MR) is 333 cm³/mol. The maximum absolute atomic E-state index is 16.0. The van der Waals surface area contributed by atoms with Gasteiger partial charge in [0.25, 0.3) is 11.8 Å². The van der Waals surface area contributed by atoms with Crippen LogP contribution in [-0.4, -0.2) is 28.7 Å². The molecule has 0 saturated heterocycles. The summed E-state index contributed by atoms with van der Waals surface area (Å²) in [4.78, 5) is 47.3. The number of rotatable bonds is 12. The van der Waals surface area contributed by atoms with E-state index >= 15 is 9.59 Å². The van der Waals surface area contributed by atoms with E-state index in [9.17, 15) is 9.90 Å². The Hall–Kier alpha value is -9.51. The lowest BCUT2D eigenvalue weighted by molar-refractivity contribution is 0.0892. The smallest absolute Gasteiger partial charge is 0.266 e. The molecule has 2 heterocycles. The largest absolute Gasteiger partial charge is 0.507 e. The molecule has 82 heavy (non-hydrogen) atoms. The minimum atomic E-state index is -0.565. The van der Waals surface area contributed by atoms with Crippen LogP contribution in [0.1, 0.15) is 138 Å². The highest BCUT2D eigenvalue weighted by Gasteiger charge is 2.40. The summed E-state index contributed by atoms with van der Waals surface area (Å²) in [6.07, 6.45) is 0.860. The van der Waals surface area contributed by atoms with Gasteiger partial charge in [-0.1, -0.05) is 177 Å². The van der Waals surface area contributed by atoms with E-state index in [4.69, 9.17) is 13.6 Å². The van der Waals surface area contributed by atoms with Gasteiger partial charge < -0.3 is 29.5 Å². The first-order valence-electron chi connectivity index (χ1n) is 28.0. The maximum Gasteiger partial charge on any atom is 0.266 e. The second-order valence-electron chi connectivity index (χ2n) is 22.7. The van der Waals surface area contributed by atoms with Crippen molar-refractivity contribution in [1.82, 2.24) is 0 Å². The van der Waals surface area contributed by atoms with Crippen LogP contribution in [0.2, 0.25) is 0 Å². The molecule has 0 unspecified atom stereocenters. The van der Waals surface area contributed by atoms with Gasteiger partial charge in [0, 0.05) is 71.8 Å². The molecule has 0 spiro atoms. The van der Waals surface area contributed by atoms with Crippen molar-refractivity contribution in [2.75, 3.05) is 10.2 Å². The number of fused-ring (bicyclic) bond motifs is 4. The number of nitrogens with one attached hydrogen (secondary N) is 1. The lowest BCUT2D eigenvalue weighted by Gasteiger charge is -2.33. The molecule has 4 N–H and O–H groups in total. The Morgan fingerprint density at radius 3 is 1.59 bits per heavy atom. The maximum atomic E-state index is 16.0. The Morgan fingerprint density at radius 2 is 1.00 bits per heavy atom. The standard InChI is InChI=1S/C72H60N2O7.H2O/c1-38(2)45-25-18-26-46(39(3)4)69(45)73-36-43-32-58-65-66-60(81-57-31-17-14-24-51(57)50-23-13-16-30-56(50)80-58)35-53-62-52(71(77)74(72(53)78)70-47(40(5)6)27-19-28-48(70)41(7)8)34-54(76)63(68(62)66)64-59(33-44(37-75)61(43)67(64)65)79-55-29-15-12-22-49(55)42-20-10-9-11-21-42;/h9-35,37-41,73,76H,36H2,1-8H3;1H2. The second-order valence-corrected chi connectivity index (χ2v) is 22.7. The molecular weight excluding hydrogens is 1020 g/mol. The first kappa shape index (κ1) is 53.1. The number of ether oxygens (including phenoxy) is 1. The van der Waals surface area contributed by atoms with Crippen LogP contribution in [0.3, 0.4) is 0 Å². The second kappa shape index (κ2) is 20.5. The number of carbonyl (C=O) groups excluding carboxylic acids is 3. The van der Waals surface area contributed by atoms with Gasteiger partial charge >= 0.3 is 0 Å². The van der Waals surface area contributed by atoms with Gasteiger partial charge in [-0.15, -0.1) is 0 Å². The molecule has 12 aromatic rings. The minimum Gasteiger partial charge on any atom is -0.507 e. The highest BCUT2D eigenvalue weighted by molar-refractivity contribution is 6.47. The normalized spacial score (nSPS) is 12.7. The van der Waals surface area contributed by atoms with E-state index in [1.165, 1.54) is 11.0 Å². The number of benzene rings is 11. The molecule has 1 aliphatic rings. The minimum absolute atomic E-state index is 0. The van der Waals surface area contributed by atoms with E-state index in [1.807, 2.05) is 127 Å². The molecule has 0 bridgehead atoms. The zero-order chi connectivity index (χ0) is 56.1. The number of phenols is 1. The Labute approximate surface area is 474 Å². The van der Waals surface area contributed by atoms with E-state index in [0.29, 0.717) is 76.8 Å². The van der Waals surface area contributed by atoms with Gasteiger partial charge in [-0.3, -0.25) is 14.4 Å². The summed E-state index contributed by atoms with van der Waals surface area (Å²) in [5.41, 5.74) is 10.5. The topological polar surface area (TPSA) is 154 Å². The predicted octanol–water partition coefficient (Wildman–Crippen LogP) is 18.6. The molecule has 0 atom stereocenters. The molecule has 11 aromatic carbocycles. The number of imide groups is 1. The number of para-hydroxylation sites is 5. The van der Waals surface area contributed by atoms with Gasteiger partial charge in [-0.2, -0.15) is 0 Å². The zero-order valence-electron chi connectivity index (χ0n) is 47.0. The quantitative estimate of drug-likeness (QED) is 0.0531. The number of anilines is 2. The first-order valence-corrected chi connectivity index (χ1v) is 28.0. The monoisotopic (exact) mass is 1080 g/mol. The molecule has 0 fully saturated rings. The molecule has 1 aromatic heterocycles. The Bertz CT molecular complexity index is 4610. The fourth-order valence-electron chi connectivity index (χ4n) is 12.7. The number of carbonyl (C=O) groups is 3. The molecule has 0 saturated carbocycles. The number of aldehydes is 1. The lowest BCUT2D eigenvalue weighted by atomic mass is 9.81. The van der Waals surface area contributed by atoms with Crippen LogP contribution in [-0.2, 0) is 6.54 Å². The lowest BCUT2D eigenvalue weighted by Crippen LogP contribution is -2.41. The van der Waals surface area contributed by atoms with Gasteiger partial charge in [0.2, 0.25) is 0 Å². The van der Waals surface area contributed by atoms with E-state index in [0.717, 1.165) is 61.7 Å². The summed E-state index contributed by atoms with van der Waals surface area (Å²) < 4.78 is 22.0. The Morgan fingerprint density at radius 1 is 0.488 bits per heavy atom. The summed E-state index contributed by atoms with van der Waals surface area (Å²) >= 11 is 0. The fraction of sp³-hybridized carbons (Fsp3) is 0.181. The SMILES string of the molecule is CC(C)c1cccc(C(C)C)c1NCc1cc2oc3ccccc3c3ccccc3oc3cc4c5c(cc(O)c6c7c(Oc8ccccc8-c8ccccc8)cc(C=O)c1c7c2c3c56)C(=O)N(c1c(C(C)C)cccc1C(C)C)C4=O.O. The molecule has 2 amide bonds. The van der Waals surface area contributed by atoms with Crippen LogP contribution in [0.4, 0.5) is 11.4 Å². The van der Waals surface area contributed by atoms with Crippen molar-refractivity contribution in [1.29, 1.82) is 0 Å². The number of amides is 2. The summed E-state index contributed by atoms with van der Waals surface area (Å²) in [5, 5.41) is 22.3. The van der Waals surface area contributed by atoms with Gasteiger partial charge in [-0.25, -0.2) is 4.90 Å². The number of phenolic OH excluding ortho intramolecular Hbond substituents is 1. The third kappa shape index (κ3) is 8.30. The van der Waals surface area contributed by atoms with Crippen LogP contribution in [0.15, 0.2) is 173 Å². The average Bonchev–Trinajstić information content (AvgIpc) is 1.22. The molecule has 10 nitrogen and oxygen atoms in total. The molecule has 10 heteroatoms. The molecule has 13 rings (SSSR count). The molecular formula is C72H62N2O8.